The van der Waals surface area contributed by atoms with E-state index in [1.54, 1.807) is 29.0 Å². The smallest absolute Gasteiger partial charge is 0.270 e. The zero-order chi connectivity index (χ0) is 13.1. The number of nitrogens with one attached hydrogen (secondary N) is 1. The van der Waals surface area contributed by atoms with Crippen LogP contribution >= 0.6 is 0 Å². The second-order valence-corrected chi connectivity index (χ2v) is 4.50. The van der Waals surface area contributed by atoms with Gasteiger partial charge in [0.1, 0.15) is 5.69 Å². The van der Waals surface area contributed by atoms with Gasteiger partial charge < -0.3 is 20.5 Å². The first-order valence-corrected chi connectivity index (χ1v) is 6.06. The number of aromatic nitrogens is 1. The summed E-state index contributed by atoms with van der Waals surface area (Å²) in [6, 6.07) is 1.63. The first-order chi connectivity index (χ1) is 8.58. The summed E-state index contributed by atoms with van der Waals surface area (Å²) in [5, 5.41) is 0. The van der Waals surface area contributed by atoms with Crippen molar-refractivity contribution in [3.8, 4) is 0 Å². The predicted octanol–water partition coefficient (Wildman–Crippen LogP) is 0.291. The van der Waals surface area contributed by atoms with Gasteiger partial charge in [-0.1, -0.05) is 0 Å². The van der Waals surface area contributed by atoms with Gasteiger partial charge in [0.2, 0.25) is 5.91 Å². The summed E-state index contributed by atoms with van der Waals surface area (Å²) in [5.41, 5.74) is 6.64. The van der Waals surface area contributed by atoms with Crippen molar-refractivity contribution in [1.29, 1.82) is 0 Å². The normalized spacial score (nSPS) is 16.5. The van der Waals surface area contributed by atoms with E-state index in [0.717, 1.165) is 6.42 Å². The average molecular weight is 250 g/mol. The highest BCUT2D eigenvalue weighted by molar-refractivity contribution is 5.93. The van der Waals surface area contributed by atoms with Gasteiger partial charge in [-0.25, -0.2) is 0 Å². The molecule has 6 heteroatoms. The van der Waals surface area contributed by atoms with E-state index in [9.17, 15) is 9.59 Å². The van der Waals surface area contributed by atoms with Crippen LogP contribution in [-0.2, 0) is 4.79 Å². The first-order valence-electron chi connectivity index (χ1n) is 6.06. The molecule has 0 aliphatic carbocycles. The van der Waals surface area contributed by atoms with Crippen LogP contribution in [0.1, 0.15) is 23.8 Å². The number of hydrogen-bond donors (Lipinski definition) is 2. The van der Waals surface area contributed by atoms with Gasteiger partial charge in [-0.15, -0.1) is 0 Å². The third-order valence-electron chi connectivity index (χ3n) is 3.16. The molecule has 1 saturated heterocycles. The highest BCUT2D eigenvalue weighted by Crippen LogP contribution is 2.11. The monoisotopic (exact) mass is 250 g/mol. The van der Waals surface area contributed by atoms with Crippen molar-refractivity contribution in [3.05, 3.63) is 18.0 Å². The molecule has 1 aromatic rings. The Morgan fingerprint density at radius 3 is 2.50 bits per heavy atom. The van der Waals surface area contributed by atoms with Crippen molar-refractivity contribution < 1.29 is 9.59 Å². The number of hydrogen-bond acceptors (Lipinski definition) is 3. The Labute approximate surface area is 106 Å². The largest absolute Gasteiger partial charge is 0.397 e. The fourth-order valence-corrected chi connectivity index (χ4v) is 2.14. The third kappa shape index (κ3) is 2.64. The molecule has 6 nitrogen and oxygen atoms in total. The Morgan fingerprint density at radius 1 is 1.22 bits per heavy atom. The van der Waals surface area contributed by atoms with Gasteiger partial charge in [0.25, 0.3) is 5.91 Å². The highest BCUT2D eigenvalue weighted by atomic mass is 16.2. The number of nitrogens with two attached hydrogens (primary N) is 1. The molecule has 1 aliphatic rings. The van der Waals surface area contributed by atoms with Crippen molar-refractivity contribution >= 4 is 17.5 Å². The molecule has 0 bridgehead atoms. The van der Waals surface area contributed by atoms with Crippen molar-refractivity contribution in [3.63, 3.8) is 0 Å². The van der Waals surface area contributed by atoms with Crippen LogP contribution in [0.5, 0.6) is 0 Å². The van der Waals surface area contributed by atoms with Gasteiger partial charge >= 0.3 is 0 Å². The minimum absolute atomic E-state index is 0.0582. The van der Waals surface area contributed by atoms with Crippen LogP contribution in [0.15, 0.2) is 12.3 Å². The lowest BCUT2D eigenvalue weighted by molar-refractivity contribution is -0.128. The van der Waals surface area contributed by atoms with E-state index < -0.39 is 0 Å². The third-order valence-corrected chi connectivity index (χ3v) is 3.16. The number of nitrogen functional groups attached to an aromatic ring is 1. The summed E-state index contributed by atoms with van der Waals surface area (Å²) in [4.78, 5) is 29.9. The molecule has 0 aromatic carbocycles. The number of rotatable bonds is 1. The van der Waals surface area contributed by atoms with E-state index in [1.165, 1.54) is 0 Å². The Balaban J connectivity index is 2.02. The Bertz CT molecular complexity index is 455. The molecule has 0 atom stereocenters. The van der Waals surface area contributed by atoms with Gasteiger partial charge in [0.15, 0.2) is 0 Å². The van der Waals surface area contributed by atoms with E-state index in [2.05, 4.69) is 4.98 Å². The summed E-state index contributed by atoms with van der Waals surface area (Å²) < 4.78 is 0. The number of anilines is 1. The maximum Gasteiger partial charge on any atom is 0.270 e. The number of amides is 2. The fourth-order valence-electron chi connectivity index (χ4n) is 2.14. The zero-order valence-corrected chi connectivity index (χ0v) is 10.5. The van der Waals surface area contributed by atoms with Gasteiger partial charge in [-0.3, -0.25) is 9.59 Å². The number of H-pyrrole nitrogens is 1. The summed E-state index contributed by atoms with van der Waals surface area (Å²) in [6.07, 6.45) is 2.41. The molecule has 1 aromatic heterocycles. The summed E-state index contributed by atoms with van der Waals surface area (Å²) in [6.45, 7) is 4.10. The van der Waals surface area contributed by atoms with Crippen LogP contribution in [0.3, 0.4) is 0 Å². The van der Waals surface area contributed by atoms with Crippen molar-refractivity contribution in [1.82, 2.24) is 14.8 Å². The van der Waals surface area contributed by atoms with Crippen LogP contribution < -0.4 is 5.73 Å². The van der Waals surface area contributed by atoms with Crippen molar-refractivity contribution in [2.45, 2.75) is 13.3 Å². The molecule has 0 spiro atoms. The molecule has 2 rings (SSSR count). The molecule has 3 N–H and O–H groups in total. The molecule has 2 heterocycles. The van der Waals surface area contributed by atoms with Crippen LogP contribution in [0, 0.1) is 0 Å². The molecular formula is C12H18N4O2. The van der Waals surface area contributed by atoms with E-state index in [1.807, 2.05) is 0 Å². The topological polar surface area (TPSA) is 82.4 Å². The van der Waals surface area contributed by atoms with E-state index in [0.29, 0.717) is 37.6 Å². The van der Waals surface area contributed by atoms with Gasteiger partial charge in [-0.05, 0) is 12.5 Å². The standard InChI is InChI=1S/C12H18N4O2/c1-9(17)15-3-2-4-16(6-5-15)12(18)11-7-10(13)8-14-11/h7-8,14H,2-6,13H2,1H3. The molecule has 18 heavy (non-hydrogen) atoms. The van der Waals surface area contributed by atoms with E-state index in [-0.39, 0.29) is 11.8 Å². The Morgan fingerprint density at radius 2 is 1.89 bits per heavy atom. The zero-order valence-electron chi connectivity index (χ0n) is 10.5. The highest BCUT2D eigenvalue weighted by Gasteiger charge is 2.21. The lowest BCUT2D eigenvalue weighted by atomic mass is 10.3. The van der Waals surface area contributed by atoms with Crippen molar-refractivity contribution in [2.75, 3.05) is 31.9 Å². The maximum atomic E-state index is 12.2. The Hall–Kier alpha value is -1.98. The fraction of sp³-hybridized carbons (Fsp3) is 0.500. The summed E-state index contributed by atoms with van der Waals surface area (Å²) >= 11 is 0. The molecule has 2 amide bonds. The van der Waals surface area contributed by atoms with Gasteiger partial charge in [0, 0.05) is 45.0 Å². The van der Waals surface area contributed by atoms with Gasteiger partial charge in [0.05, 0.1) is 0 Å². The van der Waals surface area contributed by atoms with Gasteiger partial charge in [-0.2, -0.15) is 0 Å². The van der Waals surface area contributed by atoms with E-state index in [4.69, 9.17) is 5.73 Å². The first kappa shape index (κ1) is 12.5. The van der Waals surface area contributed by atoms with E-state index >= 15 is 0 Å². The van der Waals surface area contributed by atoms with Crippen LogP contribution in [0.4, 0.5) is 5.69 Å². The number of carbonyl (C=O) groups is 2. The predicted molar refractivity (Wildman–Crippen MR) is 68.0 cm³/mol. The molecule has 0 saturated carbocycles. The molecule has 1 aliphatic heterocycles. The lowest BCUT2D eigenvalue weighted by Gasteiger charge is -2.20. The number of aromatic amines is 1. The van der Waals surface area contributed by atoms with Crippen LogP contribution in [0.25, 0.3) is 0 Å². The molecule has 0 radical (unpaired) electrons. The lowest BCUT2D eigenvalue weighted by Crippen LogP contribution is -2.36. The second-order valence-electron chi connectivity index (χ2n) is 4.50. The SMILES string of the molecule is CC(=O)N1CCCN(C(=O)c2cc(N)c[nH]2)CC1. The minimum atomic E-state index is -0.0582. The average Bonchev–Trinajstić information content (AvgIpc) is 2.63. The second kappa shape index (κ2) is 5.12. The summed E-state index contributed by atoms with van der Waals surface area (Å²) in [5.74, 6) is 0.00511. The Kier molecular flexibility index (Phi) is 3.55. The molecule has 0 unspecified atom stereocenters. The number of nitrogens with zero attached hydrogens (tertiary/aromatic N) is 2. The van der Waals surface area contributed by atoms with Crippen LogP contribution in [-0.4, -0.2) is 52.8 Å². The molecule has 1 fully saturated rings. The van der Waals surface area contributed by atoms with Crippen molar-refractivity contribution in [2.24, 2.45) is 0 Å². The minimum Gasteiger partial charge on any atom is -0.397 e. The maximum absolute atomic E-state index is 12.2. The molecular weight excluding hydrogens is 232 g/mol. The quantitative estimate of drug-likeness (QED) is 0.751. The molecule has 98 valence electrons. The number of carbonyl (C=O) groups excluding carboxylic acids is 2. The summed E-state index contributed by atoms with van der Waals surface area (Å²) in [7, 11) is 0. The van der Waals surface area contributed by atoms with Crippen LogP contribution in [0.2, 0.25) is 0 Å².